The van der Waals surface area contributed by atoms with Crippen molar-refractivity contribution in [2.24, 2.45) is 0 Å². The third-order valence-corrected chi connectivity index (χ3v) is 10.3. The second kappa shape index (κ2) is 19.4. The van der Waals surface area contributed by atoms with Crippen molar-refractivity contribution in [3.05, 3.63) is 0 Å². The van der Waals surface area contributed by atoms with Crippen LogP contribution in [-0.4, -0.2) is 166 Å². The zero-order chi connectivity index (χ0) is 31.7. The molecule has 0 fully saturated rings. The molecule has 40 heavy (non-hydrogen) atoms. The fourth-order valence-corrected chi connectivity index (χ4v) is 5.37. The maximum absolute atomic E-state index is 11.6. The van der Waals surface area contributed by atoms with Crippen LogP contribution < -0.4 is 5.32 Å². The average Bonchev–Trinajstić information content (AvgIpc) is 2.81. The van der Waals surface area contributed by atoms with Gasteiger partial charge < -0.3 is 44.5 Å². The standard InChI is InChI=1S/C13H31N2O8PSi.C7H16NO6P/c1-15(2,3)6-7-22-24(20,21)23-9-13(19)14-5-4-8-25(10-16,11-17)12-18;1-8(2,3)4-5-13-15(11,12)14-6-7(9)10/h16-18H,4-12H2,1-3H3,(H-,14,19,20,21);4-6H2,1-3H3,(H-,9,10,11,12)/p+2. The lowest BCUT2D eigenvalue weighted by Gasteiger charge is -2.24. The van der Waals surface area contributed by atoms with Gasteiger partial charge in [-0.2, -0.15) is 0 Å². The molecule has 0 rings (SSSR count). The van der Waals surface area contributed by atoms with Gasteiger partial charge in [-0.25, -0.2) is 13.9 Å². The molecule has 0 saturated heterocycles. The molecule has 0 spiro atoms. The van der Waals surface area contributed by atoms with Gasteiger partial charge in [-0.05, 0) is 12.5 Å². The Morgan fingerprint density at radius 3 is 1.50 bits per heavy atom. The second-order valence-corrected chi connectivity index (χ2v) is 18.4. The first-order chi connectivity index (χ1) is 18.1. The van der Waals surface area contributed by atoms with E-state index >= 15 is 0 Å². The molecule has 0 radical (unpaired) electrons. The molecule has 7 N–H and O–H groups in total. The summed E-state index contributed by atoms with van der Waals surface area (Å²) in [4.78, 5) is 40.1. The molecular formula is C20H49N3O14P2Si+2. The predicted octanol–water partition coefficient (Wildman–Crippen LogP) is -1.71. The van der Waals surface area contributed by atoms with Crippen LogP contribution in [0.4, 0.5) is 0 Å². The Labute approximate surface area is 236 Å². The molecule has 2 atom stereocenters. The predicted molar refractivity (Wildman–Crippen MR) is 146 cm³/mol. The number of carboxylic acid groups (broad SMARTS) is 1. The maximum Gasteiger partial charge on any atom is 0.472 e. The van der Waals surface area contributed by atoms with Crippen LogP contribution in [0, 0.1) is 0 Å². The Bertz CT molecular complexity index is 826. The normalized spacial score (nSPS) is 15.4. The summed E-state index contributed by atoms with van der Waals surface area (Å²) in [6.07, 6.45) is -0.212. The van der Waals surface area contributed by atoms with Crippen molar-refractivity contribution >= 4 is 35.6 Å². The van der Waals surface area contributed by atoms with E-state index in [1.54, 1.807) is 0 Å². The third-order valence-electron chi connectivity index (χ3n) is 4.96. The molecule has 240 valence electrons. The highest BCUT2D eigenvalue weighted by Gasteiger charge is 2.31. The topological polar surface area (TPSA) is 239 Å². The number of hydrogen-bond acceptors (Lipinski definition) is 11. The molecule has 0 aliphatic carbocycles. The van der Waals surface area contributed by atoms with Gasteiger partial charge in [0.1, 0.15) is 41.0 Å². The van der Waals surface area contributed by atoms with Gasteiger partial charge in [0.05, 0.1) is 42.3 Å². The third kappa shape index (κ3) is 24.9. The Kier molecular flexibility index (Phi) is 20.0. The van der Waals surface area contributed by atoms with Crippen LogP contribution in [0.3, 0.4) is 0 Å². The first kappa shape index (κ1) is 41.3. The number of phosphoric ester groups is 2. The second-order valence-electron chi connectivity index (χ2n) is 11.0. The van der Waals surface area contributed by atoms with Crippen molar-refractivity contribution in [1.82, 2.24) is 5.32 Å². The molecule has 0 aliphatic rings. The molecule has 0 heterocycles. The Morgan fingerprint density at radius 2 is 1.15 bits per heavy atom. The van der Waals surface area contributed by atoms with Crippen LogP contribution in [0.25, 0.3) is 0 Å². The lowest BCUT2D eigenvalue weighted by atomic mass is 10.4. The number of hydrogen-bond donors (Lipinski definition) is 7. The smallest absolute Gasteiger partial charge is 0.472 e. The van der Waals surface area contributed by atoms with Gasteiger partial charge in [0.25, 0.3) is 0 Å². The van der Waals surface area contributed by atoms with Gasteiger partial charge in [-0.1, -0.05) is 0 Å². The minimum atomic E-state index is -4.28. The number of aliphatic hydroxyl groups excluding tert-OH is 3. The first-order valence-corrected chi connectivity index (χ1v) is 18.1. The zero-order valence-electron chi connectivity index (χ0n) is 24.2. The van der Waals surface area contributed by atoms with Gasteiger partial charge in [-0.15, -0.1) is 0 Å². The van der Waals surface area contributed by atoms with Crippen LogP contribution in [0.2, 0.25) is 6.04 Å². The molecule has 20 heteroatoms. The highest BCUT2D eigenvalue weighted by atomic mass is 31.2. The van der Waals surface area contributed by atoms with E-state index in [1.807, 2.05) is 42.3 Å². The van der Waals surface area contributed by atoms with E-state index in [-0.39, 0.29) is 38.4 Å². The van der Waals surface area contributed by atoms with E-state index in [2.05, 4.69) is 18.9 Å². The molecule has 1 amide bonds. The summed E-state index contributed by atoms with van der Waals surface area (Å²) in [5, 5.41) is 38.4. The van der Waals surface area contributed by atoms with Crippen LogP contribution in [0.1, 0.15) is 6.42 Å². The molecule has 0 aromatic carbocycles. The fourth-order valence-electron chi connectivity index (χ4n) is 2.34. The highest BCUT2D eigenvalue weighted by molar-refractivity contribution is 7.47. The number of quaternary nitrogens is 2. The number of carbonyl (C=O) groups excluding carboxylic acids is 1. The maximum atomic E-state index is 11.6. The number of aliphatic hydroxyl groups is 3. The number of phosphoric acid groups is 2. The molecule has 0 aliphatic heterocycles. The van der Waals surface area contributed by atoms with Crippen molar-refractivity contribution in [2.75, 3.05) is 107 Å². The van der Waals surface area contributed by atoms with Gasteiger partial charge in [0.2, 0.25) is 5.91 Å². The van der Waals surface area contributed by atoms with E-state index in [9.17, 15) is 38.9 Å². The number of nitrogens with zero attached hydrogens (tertiary/aromatic N) is 2. The average molecular weight is 646 g/mol. The molecule has 0 aromatic rings. The summed E-state index contributed by atoms with van der Waals surface area (Å²) in [7, 11) is 0.402. The lowest BCUT2D eigenvalue weighted by molar-refractivity contribution is -0.870. The van der Waals surface area contributed by atoms with Gasteiger partial charge in [-0.3, -0.25) is 22.9 Å². The summed E-state index contributed by atoms with van der Waals surface area (Å²) in [5.74, 6) is -1.90. The fraction of sp³-hybridized carbons (Fsp3) is 0.900. The van der Waals surface area contributed by atoms with Crippen molar-refractivity contribution in [1.29, 1.82) is 0 Å². The summed E-state index contributed by atoms with van der Waals surface area (Å²) in [5.41, 5.74) is 0. The minimum Gasteiger partial charge on any atom is -0.480 e. The number of carboxylic acids is 1. The minimum absolute atomic E-state index is 0.0229. The number of carbonyl (C=O) groups is 2. The van der Waals surface area contributed by atoms with E-state index in [1.165, 1.54) is 0 Å². The van der Waals surface area contributed by atoms with Crippen LogP contribution in [0.5, 0.6) is 0 Å². The molecular weight excluding hydrogens is 596 g/mol. The monoisotopic (exact) mass is 645 g/mol. The van der Waals surface area contributed by atoms with Crippen LogP contribution in [-0.2, 0) is 36.8 Å². The summed E-state index contributed by atoms with van der Waals surface area (Å²) >= 11 is 0. The van der Waals surface area contributed by atoms with Crippen molar-refractivity contribution in [3.8, 4) is 0 Å². The molecule has 17 nitrogen and oxygen atoms in total. The quantitative estimate of drug-likeness (QED) is 0.0318. The number of aliphatic carboxylic acids is 1. The number of amides is 1. The zero-order valence-corrected chi connectivity index (χ0v) is 27.0. The number of nitrogens with one attached hydrogen (secondary N) is 1. The van der Waals surface area contributed by atoms with E-state index in [4.69, 9.17) is 14.5 Å². The molecule has 2 unspecified atom stereocenters. The Hall–Kier alpha value is -0.823. The Morgan fingerprint density at radius 1 is 0.750 bits per heavy atom. The summed E-state index contributed by atoms with van der Waals surface area (Å²) in [6.45, 7) is -0.146. The number of rotatable bonds is 21. The van der Waals surface area contributed by atoms with Crippen molar-refractivity contribution in [2.45, 2.75) is 12.5 Å². The number of likely N-dealkylation sites (N-methyl/N-ethyl adjacent to an activating group) is 2. The van der Waals surface area contributed by atoms with Crippen molar-refractivity contribution < 1.29 is 76.0 Å². The summed E-state index contributed by atoms with van der Waals surface area (Å²) < 4.78 is 42.0. The molecule has 0 aromatic heterocycles. The lowest BCUT2D eigenvalue weighted by Crippen LogP contribution is -2.48. The SMILES string of the molecule is C[N+](C)(C)CCOP(=O)(O)OCC(=O)NCCC[Si](CO)(CO)CO.C[N+](C)(C)CCOP(=O)(O)OCC(=O)O. The van der Waals surface area contributed by atoms with Crippen LogP contribution >= 0.6 is 15.6 Å². The molecule has 0 saturated carbocycles. The van der Waals surface area contributed by atoms with Gasteiger partial charge in [0, 0.05) is 25.2 Å². The largest absolute Gasteiger partial charge is 0.480 e. The van der Waals surface area contributed by atoms with E-state index < -0.39 is 48.8 Å². The Balaban J connectivity index is 0. The summed E-state index contributed by atoms with van der Waals surface area (Å²) in [6, 6.07) is 0.449. The molecule has 0 bridgehead atoms. The van der Waals surface area contributed by atoms with Gasteiger partial charge in [0.15, 0.2) is 6.61 Å². The first-order valence-electron chi connectivity index (χ1n) is 12.3. The van der Waals surface area contributed by atoms with E-state index in [0.29, 0.717) is 34.5 Å². The highest BCUT2D eigenvalue weighted by Crippen LogP contribution is 2.43. The van der Waals surface area contributed by atoms with Crippen molar-refractivity contribution in [3.63, 3.8) is 0 Å². The van der Waals surface area contributed by atoms with E-state index in [0.717, 1.165) is 0 Å². The van der Waals surface area contributed by atoms with Crippen LogP contribution in [0.15, 0.2) is 0 Å². The van der Waals surface area contributed by atoms with Gasteiger partial charge >= 0.3 is 21.6 Å².